The van der Waals surface area contributed by atoms with Crippen molar-refractivity contribution in [2.75, 3.05) is 13.1 Å². The highest BCUT2D eigenvalue weighted by molar-refractivity contribution is 8.18. The van der Waals surface area contributed by atoms with Crippen molar-refractivity contribution in [3.8, 4) is 5.75 Å². The Labute approximate surface area is 168 Å². The van der Waals surface area contributed by atoms with Crippen LogP contribution in [0.2, 0.25) is 0 Å². The molecule has 4 rings (SSSR count). The van der Waals surface area contributed by atoms with Gasteiger partial charge in [-0.15, -0.1) is 0 Å². The van der Waals surface area contributed by atoms with Gasteiger partial charge in [-0.1, -0.05) is 36.4 Å². The molecule has 0 N–H and O–H groups in total. The van der Waals surface area contributed by atoms with E-state index in [4.69, 9.17) is 4.18 Å². The first kappa shape index (κ1) is 18.8. The van der Waals surface area contributed by atoms with Gasteiger partial charge in [0.05, 0.1) is 4.91 Å². The Hall–Kier alpha value is -2.58. The third-order valence-corrected chi connectivity index (χ3v) is 6.72. The summed E-state index contributed by atoms with van der Waals surface area (Å²) in [6.07, 6.45) is 3.83. The number of hydrogen-bond donors (Lipinski definition) is 0. The first-order valence-electron chi connectivity index (χ1n) is 8.89. The van der Waals surface area contributed by atoms with E-state index in [1.165, 1.54) is 23.9 Å². The summed E-state index contributed by atoms with van der Waals surface area (Å²) in [5, 5.41) is 0.712. The van der Waals surface area contributed by atoms with Gasteiger partial charge in [0.1, 0.15) is 10.6 Å². The molecule has 28 heavy (non-hydrogen) atoms. The normalized spacial score (nSPS) is 18.6. The highest BCUT2D eigenvalue weighted by atomic mass is 32.2. The Balaban J connectivity index is 1.59. The van der Waals surface area contributed by atoms with Crippen LogP contribution in [0.1, 0.15) is 18.4 Å². The van der Waals surface area contributed by atoms with Crippen LogP contribution >= 0.6 is 11.8 Å². The lowest BCUT2D eigenvalue weighted by atomic mass is 10.2. The average Bonchev–Trinajstić information content (AvgIpc) is 3.34. The largest absolute Gasteiger partial charge is 0.378 e. The van der Waals surface area contributed by atoms with E-state index in [0.717, 1.165) is 25.9 Å². The van der Waals surface area contributed by atoms with Gasteiger partial charge in [0.2, 0.25) is 0 Å². The summed E-state index contributed by atoms with van der Waals surface area (Å²) < 4.78 is 30.4. The van der Waals surface area contributed by atoms with Crippen molar-refractivity contribution in [2.45, 2.75) is 17.7 Å². The minimum absolute atomic E-state index is 0.0726. The Morgan fingerprint density at radius 2 is 1.68 bits per heavy atom. The number of amides is 1. The van der Waals surface area contributed by atoms with Crippen molar-refractivity contribution in [1.29, 1.82) is 0 Å². The molecule has 0 saturated carbocycles. The van der Waals surface area contributed by atoms with Gasteiger partial charge in [-0.3, -0.25) is 4.79 Å². The number of carbonyl (C=O) groups excluding carboxylic acids is 1. The molecule has 6 nitrogen and oxygen atoms in total. The maximum atomic E-state index is 12.5. The Kier molecular flexibility index (Phi) is 5.23. The van der Waals surface area contributed by atoms with E-state index in [0.29, 0.717) is 15.6 Å². The zero-order valence-corrected chi connectivity index (χ0v) is 16.6. The van der Waals surface area contributed by atoms with E-state index in [2.05, 4.69) is 9.89 Å². The summed E-state index contributed by atoms with van der Waals surface area (Å²) in [4.78, 5) is 19.1. The van der Waals surface area contributed by atoms with Crippen molar-refractivity contribution >= 4 is 39.0 Å². The number of amidine groups is 1. The molecule has 2 aliphatic heterocycles. The van der Waals surface area contributed by atoms with Gasteiger partial charge in [0.15, 0.2) is 5.17 Å². The van der Waals surface area contributed by atoms with Crippen molar-refractivity contribution in [1.82, 2.24) is 4.90 Å². The number of carbonyl (C=O) groups is 1. The van der Waals surface area contributed by atoms with Crippen molar-refractivity contribution in [3.63, 3.8) is 0 Å². The minimum Gasteiger partial charge on any atom is -0.378 e. The number of thioether (sulfide) groups is 1. The number of hydrogen-bond acceptors (Lipinski definition) is 6. The number of aliphatic imine (C=N–C) groups is 1. The molecule has 0 atom stereocenters. The summed E-state index contributed by atoms with van der Waals surface area (Å²) in [5.74, 6) is -0.144. The average molecular weight is 415 g/mol. The summed E-state index contributed by atoms with van der Waals surface area (Å²) in [5.41, 5.74) is 0.510. The summed E-state index contributed by atoms with van der Waals surface area (Å²) in [6.45, 7) is 1.81. The van der Waals surface area contributed by atoms with Crippen LogP contribution in [0.4, 0.5) is 0 Å². The van der Waals surface area contributed by atoms with E-state index < -0.39 is 10.1 Å². The predicted octanol–water partition coefficient (Wildman–Crippen LogP) is 3.52. The van der Waals surface area contributed by atoms with Gasteiger partial charge < -0.3 is 9.08 Å². The molecule has 2 heterocycles. The fourth-order valence-electron chi connectivity index (χ4n) is 3.01. The van der Waals surface area contributed by atoms with Gasteiger partial charge >= 0.3 is 10.1 Å². The zero-order valence-electron chi connectivity index (χ0n) is 14.9. The first-order valence-corrected chi connectivity index (χ1v) is 11.1. The van der Waals surface area contributed by atoms with E-state index >= 15 is 0 Å². The highest BCUT2D eigenvalue weighted by Crippen LogP contribution is 2.34. The molecule has 0 radical (unpaired) electrons. The molecule has 0 bridgehead atoms. The summed E-state index contributed by atoms with van der Waals surface area (Å²) in [7, 11) is -3.96. The van der Waals surface area contributed by atoms with E-state index in [1.54, 1.807) is 48.5 Å². The second-order valence-corrected chi connectivity index (χ2v) is 8.95. The number of nitrogens with zero attached hydrogens (tertiary/aromatic N) is 2. The molecule has 2 aromatic rings. The lowest BCUT2D eigenvalue weighted by Crippen LogP contribution is -2.23. The minimum atomic E-state index is -3.96. The van der Waals surface area contributed by atoms with Gasteiger partial charge in [-0.25, -0.2) is 0 Å². The van der Waals surface area contributed by atoms with E-state index in [-0.39, 0.29) is 16.6 Å². The molecule has 0 unspecified atom stereocenters. The number of likely N-dealkylation sites (tertiary alicyclic amines) is 1. The number of benzene rings is 2. The molecule has 2 aliphatic rings. The molecule has 0 aromatic heterocycles. The van der Waals surface area contributed by atoms with Crippen molar-refractivity contribution in [3.05, 3.63) is 65.1 Å². The highest BCUT2D eigenvalue weighted by Gasteiger charge is 2.28. The standard InChI is InChI=1S/C20H18N2O4S2/c23-19-18(27-20(21-19)22-12-6-7-13-22)14-15-8-4-5-11-17(15)26-28(24,25)16-9-2-1-3-10-16/h1-5,8-11,14H,6-7,12-13H2/b18-14-. The van der Waals surface area contributed by atoms with Gasteiger partial charge in [0.25, 0.3) is 5.91 Å². The van der Waals surface area contributed by atoms with Crippen LogP contribution in [0.25, 0.3) is 6.08 Å². The molecular formula is C20H18N2O4S2. The van der Waals surface area contributed by atoms with Crippen LogP contribution in [0, 0.1) is 0 Å². The molecule has 1 amide bonds. The summed E-state index contributed by atoms with van der Waals surface area (Å²) >= 11 is 1.32. The fraction of sp³-hybridized carbons (Fsp3) is 0.200. The van der Waals surface area contributed by atoms with Crippen LogP contribution in [-0.4, -0.2) is 37.5 Å². The monoisotopic (exact) mass is 414 g/mol. The smallest absolute Gasteiger partial charge is 0.339 e. The molecular weight excluding hydrogens is 396 g/mol. The number of rotatable bonds is 4. The molecule has 1 saturated heterocycles. The first-order chi connectivity index (χ1) is 13.5. The molecule has 1 fully saturated rings. The molecule has 2 aromatic carbocycles. The SMILES string of the molecule is O=C1N=C(N2CCCC2)S/C1=C\c1ccccc1OS(=O)(=O)c1ccccc1. The predicted molar refractivity (Wildman–Crippen MR) is 110 cm³/mol. The van der Waals surface area contributed by atoms with Crippen LogP contribution in [0.3, 0.4) is 0 Å². The van der Waals surface area contributed by atoms with Gasteiger partial charge in [-0.2, -0.15) is 13.4 Å². The Morgan fingerprint density at radius 1 is 1.00 bits per heavy atom. The summed E-state index contributed by atoms with van der Waals surface area (Å²) in [6, 6.07) is 14.7. The fourth-order valence-corrected chi connectivity index (χ4v) is 4.94. The Bertz CT molecular complexity index is 1060. The van der Waals surface area contributed by atoms with Crippen LogP contribution in [0.15, 0.2) is 69.4 Å². The molecule has 0 aliphatic carbocycles. The second-order valence-electron chi connectivity index (χ2n) is 6.39. The van der Waals surface area contributed by atoms with Crippen molar-refractivity contribution in [2.24, 2.45) is 4.99 Å². The van der Waals surface area contributed by atoms with E-state index in [1.807, 2.05) is 0 Å². The van der Waals surface area contributed by atoms with Gasteiger partial charge in [-0.05, 0) is 48.9 Å². The third-order valence-electron chi connectivity index (χ3n) is 4.42. The van der Waals surface area contributed by atoms with Crippen LogP contribution in [0.5, 0.6) is 5.75 Å². The lowest BCUT2D eigenvalue weighted by molar-refractivity contribution is -0.113. The van der Waals surface area contributed by atoms with Crippen LogP contribution < -0.4 is 4.18 Å². The quantitative estimate of drug-likeness (QED) is 0.563. The topological polar surface area (TPSA) is 76.0 Å². The number of para-hydroxylation sites is 1. The third kappa shape index (κ3) is 3.98. The van der Waals surface area contributed by atoms with Crippen LogP contribution in [-0.2, 0) is 14.9 Å². The maximum absolute atomic E-state index is 12.5. The second kappa shape index (κ2) is 7.81. The maximum Gasteiger partial charge on any atom is 0.339 e. The zero-order chi connectivity index (χ0) is 19.6. The van der Waals surface area contributed by atoms with Gasteiger partial charge in [0, 0.05) is 18.7 Å². The Morgan fingerprint density at radius 3 is 2.43 bits per heavy atom. The molecule has 0 spiro atoms. The van der Waals surface area contributed by atoms with Crippen molar-refractivity contribution < 1.29 is 17.4 Å². The molecule has 144 valence electrons. The lowest BCUT2D eigenvalue weighted by Gasteiger charge is -2.14. The van der Waals surface area contributed by atoms with E-state index in [9.17, 15) is 13.2 Å². The molecule has 8 heteroatoms.